The number of hydrogen-bond acceptors (Lipinski definition) is 3. The van der Waals surface area contributed by atoms with Crippen LogP contribution in [-0.4, -0.2) is 15.0 Å². The summed E-state index contributed by atoms with van der Waals surface area (Å²) in [6, 6.07) is 71.1. The fourth-order valence-electron chi connectivity index (χ4n) is 8.34. The molecule has 0 bridgehead atoms. The molecule has 9 aromatic rings. The molecule has 0 N–H and O–H groups in total. The normalized spacial score (nSPS) is 12.5. The van der Waals surface area contributed by atoms with Crippen LogP contribution < -0.4 is 0 Å². The van der Waals surface area contributed by atoms with Crippen LogP contribution in [0, 0.1) is 0 Å². The first-order chi connectivity index (χ1) is 28.0. The van der Waals surface area contributed by atoms with Crippen LogP contribution >= 0.6 is 0 Å². The highest BCUT2D eigenvalue weighted by atomic mass is 15.0. The van der Waals surface area contributed by atoms with Gasteiger partial charge in [-0.05, 0) is 91.0 Å². The van der Waals surface area contributed by atoms with Crippen molar-refractivity contribution < 1.29 is 0 Å². The average Bonchev–Trinajstić information content (AvgIpc) is 3.51. The van der Waals surface area contributed by atoms with Crippen LogP contribution in [0.25, 0.3) is 89.8 Å². The molecule has 0 fully saturated rings. The van der Waals surface area contributed by atoms with Gasteiger partial charge in [-0.1, -0.05) is 190 Å². The van der Waals surface area contributed by atoms with Gasteiger partial charge in [-0.3, -0.25) is 0 Å². The highest BCUT2D eigenvalue weighted by Gasteiger charge is 2.36. The Bertz CT molecular complexity index is 2840. The third-order valence-corrected chi connectivity index (χ3v) is 11.4. The molecule has 1 aromatic heterocycles. The molecule has 1 aliphatic rings. The van der Waals surface area contributed by atoms with Gasteiger partial charge < -0.3 is 0 Å². The van der Waals surface area contributed by atoms with E-state index >= 15 is 0 Å². The topological polar surface area (TPSA) is 38.7 Å². The van der Waals surface area contributed by atoms with Crippen molar-refractivity contribution >= 4 is 0 Å². The van der Waals surface area contributed by atoms with Crippen LogP contribution in [0.1, 0.15) is 25.0 Å². The van der Waals surface area contributed by atoms with Gasteiger partial charge in [0.2, 0.25) is 0 Å². The summed E-state index contributed by atoms with van der Waals surface area (Å²) >= 11 is 0. The van der Waals surface area contributed by atoms with Crippen LogP contribution in [0.5, 0.6) is 0 Å². The predicted molar refractivity (Wildman–Crippen MR) is 235 cm³/mol. The van der Waals surface area contributed by atoms with Crippen LogP contribution in [0.15, 0.2) is 200 Å². The minimum absolute atomic E-state index is 0.121. The number of nitrogens with zero attached hydrogens (tertiary/aromatic N) is 3. The second kappa shape index (κ2) is 14.1. The van der Waals surface area contributed by atoms with Crippen molar-refractivity contribution in [3.63, 3.8) is 0 Å². The van der Waals surface area contributed by atoms with Crippen LogP contribution in [0.3, 0.4) is 0 Å². The van der Waals surface area contributed by atoms with Gasteiger partial charge in [-0.2, -0.15) is 0 Å². The third-order valence-electron chi connectivity index (χ3n) is 11.4. The number of benzene rings is 8. The Balaban J connectivity index is 1.09. The molecule has 3 nitrogen and oxygen atoms in total. The molecular formula is C54H39N3. The fourth-order valence-corrected chi connectivity index (χ4v) is 8.34. The molecule has 0 radical (unpaired) electrons. The van der Waals surface area contributed by atoms with Crippen molar-refractivity contribution in [2.24, 2.45) is 0 Å². The highest BCUT2D eigenvalue weighted by molar-refractivity contribution is 5.93. The van der Waals surface area contributed by atoms with Gasteiger partial charge in [0.25, 0.3) is 0 Å². The zero-order valence-corrected chi connectivity index (χ0v) is 31.9. The van der Waals surface area contributed by atoms with E-state index in [0.717, 1.165) is 27.8 Å². The van der Waals surface area contributed by atoms with Gasteiger partial charge in [-0.15, -0.1) is 0 Å². The Morgan fingerprint density at radius 2 is 0.684 bits per heavy atom. The predicted octanol–water partition coefficient (Wildman–Crippen LogP) is 13.8. The Hall–Kier alpha value is -7.23. The van der Waals surface area contributed by atoms with Crippen molar-refractivity contribution in [3.8, 4) is 89.8 Å². The molecule has 0 unspecified atom stereocenters. The second-order valence-electron chi connectivity index (χ2n) is 15.3. The van der Waals surface area contributed by atoms with Crippen molar-refractivity contribution in [2.75, 3.05) is 0 Å². The lowest BCUT2D eigenvalue weighted by Gasteiger charge is -2.23. The molecule has 0 amide bonds. The molecule has 1 heterocycles. The number of rotatable bonds is 7. The minimum Gasteiger partial charge on any atom is -0.208 e. The SMILES string of the molecule is CC1(C)c2ccccc2-c2cc(-c3ccc(-c4ccccc4)cc3)c(-c3cccc(-c4cccc(-c5nc(-c6ccccc6)nc(-c6ccccc6)n5)c4)c3)cc21. The Kier molecular flexibility index (Phi) is 8.49. The van der Waals surface area contributed by atoms with E-state index in [1.165, 1.54) is 55.6 Å². The summed E-state index contributed by atoms with van der Waals surface area (Å²) < 4.78 is 0. The first kappa shape index (κ1) is 34.3. The van der Waals surface area contributed by atoms with E-state index in [4.69, 9.17) is 15.0 Å². The van der Waals surface area contributed by atoms with E-state index in [1.807, 2.05) is 60.7 Å². The minimum atomic E-state index is -0.121. The molecule has 8 aromatic carbocycles. The van der Waals surface area contributed by atoms with E-state index in [2.05, 4.69) is 153 Å². The zero-order valence-electron chi connectivity index (χ0n) is 31.9. The van der Waals surface area contributed by atoms with Crippen LogP contribution in [0.4, 0.5) is 0 Å². The summed E-state index contributed by atoms with van der Waals surface area (Å²) in [6.45, 7) is 4.70. The molecule has 0 atom stereocenters. The van der Waals surface area contributed by atoms with Crippen LogP contribution in [0.2, 0.25) is 0 Å². The quantitative estimate of drug-likeness (QED) is 0.164. The monoisotopic (exact) mass is 729 g/mol. The molecule has 0 spiro atoms. The molecule has 57 heavy (non-hydrogen) atoms. The van der Waals surface area contributed by atoms with E-state index in [1.54, 1.807) is 0 Å². The molecule has 0 aliphatic heterocycles. The summed E-state index contributed by atoms with van der Waals surface area (Å²) in [6.07, 6.45) is 0. The first-order valence-electron chi connectivity index (χ1n) is 19.5. The van der Waals surface area contributed by atoms with Crippen LogP contribution in [-0.2, 0) is 5.41 Å². The van der Waals surface area contributed by atoms with Crippen molar-refractivity contribution in [2.45, 2.75) is 19.3 Å². The lowest BCUT2D eigenvalue weighted by atomic mass is 9.80. The molecule has 3 heteroatoms. The summed E-state index contributed by atoms with van der Waals surface area (Å²) in [5, 5.41) is 0. The lowest BCUT2D eigenvalue weighted by Crippen LogP contribution is -2.15. The Morgan fingerprint density at radius 1 is 0.263 bits per heavy atom. The zero-order chi connectivity index (χ0) is 38.3. The van der Waals surface area contributed by atoms with Crippen molar-refractivity contribution in [3.05, 3.63) is 211 Å². The number of fused-ring (bicyclic) bond motifs is 3. The van der Waals surface area contributed by atoms with E-state index in [-0.39, 0.29) is 5.41 Å². The summed E-state index contributed by atoms with van der Waals surface area (Å²) in [4.78, 5) is 14.9. The largest absolute Gasteiger partial charge is 0.208 e. The van der Waals surface area contributed by atoms with Gasteiger partial charge in [0.05, 0.1) is 0 Å². The maximum atomic E-state index is 5.01. The summed E-state index contributed by atoms with van der Waals surface area (Å²) in [7, 11) is 0. The van der Waals surface area contributed by atoms with Gasteiger partial charge in [0.15, 0.2) is 17.5 Å². The van der Waals surface area contributed by atoms with Crippen molar-refractivity contribution in [1.29, 1.82) is 0 Å². The molecule has 0 saturated heterocycles. The fraction of sp³-hybridized carbons (Fsp3) is 0.0556. The second-order valence-corrected chi connectivity index (χ2v) is 15.3. The molecule has 1 aliphatic carbocycles. The summed E-state index contributed by atoms with van der Waals surface area (Å²) in [5.74, 6) is 1.94. The number of hydrogen-bond donors (Lipinski definition) is 0. The first-order valence-corrected chi connectivity index (χ1v) is 19.5. The Morgan fingerprint density at radius 3 is 1.30 bits per heavy atom. The van der Waals surface area contributed by atoms with Crippen molar-refractivity contribution in [1.82, 2.24) is 15.0 Å². The van der Waals surface area contributed by atoms with E-state index < -0.39 is 0 Å². The standard InChI is InChI=1S/C54H39N3/c1-54(2)49-27-13-12-26-45(49)48-34-46(38-30-28-37(29-31-38)36-16-6-3-7-17-36)47(35-50(48)54)43-24-14-22-41(32-43)42-23-15-25-44(33-42)53-56-51(39-18-8-4-9-19-39)55-52(57-53)40-20-10-5-11-21-40/h3-35H,1-2H3. The molecule has 270 valence electrons. The smallest absolute Gasteiger partial charge is 0.164 e. The van der Waals surface area contributed by atoms with E-state index in [9.17, 15) is 0 Å². The number of aromatic nitrogens is 3. The summed E-state index contributed by atoms with van der Waals surface area (Å²) in [5.41, 5.74) is 17.5. The maximum Gasteiger partial charge on any atom is 0.164 e. The van der Waals surface area contributed by atoms with E-state index in [0.29, 0.717) is 17.5 Å². The lowest BCUT2D eigenvalue weighted by molar-refractivity contribution is 0.660. The highest BCUT2D eigenvalue weighted by Crippen LogP contribution is 2.52. The molecule has 10 rings (SSSR count). The molecule has 0 saturated carbocycles. The third kappa shape index (κ3) is 6.33. The average molecular weight is 730 g/mol. The van der Waals surface area contributed by atoms with Gasteiger partial charge >= 0.3 is 0 Å². The molecular weight excluding hydrogens is 691 g/mol. The maximum absolute atomic E-state index is 5.01. The van der Waals surface area contributed by atoms with Gasteiger partial charge in [-0.25, -0.2) is 15.0 Å². The van der Waals surface area contributed by atoms with Gasteiger partial charge in [0, 0.05) is 22.1 Å². The van der Waals surface area contributed by atoms with Gasteiger partial charge in [0.1, 0.15) is 0 Å². The Labute approximate surface area is 334 Å².